The quantitative estimate of drug-likeness (QED) is 0.107. The summed E-state index contributed by atoms with van der Waals surface area (Å²) in [6.07, 6.45) is 2.34. The molecule has 0 fully saturated rings. The Morgan fingerprint density at radius 3 is 1.57 bits per heavy atom. The van der Waals surface area contributed by atoms with Crippen LogP contribution in [0.3, 0.4) is 0 Å². The Balaban J connectivity index is 1.02. The Morgan fingerprint density at radius 1 is 0.551 bits per heavy atom. The highest BCUT2D eigenvalue weighted by atomic mass is 16.6. The van der Waals surface area contributed by atoms with E-state index in [2.05, 4.69) is 34.9 Å². The minimum Gasteiger partial charge on any atom is -0.481 e. The van der Waals surface area contributed by atoms with Gasteiger partial charge in [0.1, 0.15) is 6.61 Å². The fourth-order valence-electron chi connectivity index (χ4n) is 5.14. The molecule has 0 radical (unpaired) electrons. The average Bonchev–Trinajstić information content (AvgIpc) is 3.42. The summed E-state index contributed by atoms with van der Waals surface area (Å²) in [5.41, 5.74) is 4.77. The molecule has 0 atom stereocenters. The first-order valence-electron chi connectivity index (χ1n) is 17.1. The first-order chi connectivity index (χ1) is 24.1. The maximum atomic E-state index is 12.3. The number of nitrogens with one attached hydrogen (secondary N) is 2. The third-order valence-corrected chi connectivity index (χ3v) is 7.58. The first-order valence-corrected chi connectivity index (χ1v) is 17.1. The second kappa shape index (κ2) is 25.4. The van der Waals surface area contributed by atoms with Crippen LogP contribution < -0.4 is 10.6 Å². The van der Waals surface area contributed by atoms with E-state index in [0.29, 0.717) is 98.8 Å². The zero-order valence-corrected chi connectivity index (χ0v) is 28.4. The fourth-order valence-corrected chi connectivity index (χ4v) is 5.14. The molecule has 0 heterocycles. The van der Waals surface area contributed by atoms with Crippen molar-refractivity contribution in [3.63, 3.8) is 0 Å². The van der Waals surface area contributed by atoms with Gasteiger partial charge in [-0.3, -0.25) is 9.59 Å². The number of alkyl carbamates (subject to hydrolysis) is 1. The number of fused-ring (bicyclic) bond motifs is 3. The number of unbranched alkanes of at least 4 members (excludes halogenated alkanes) is 2. The van der Waals surface area contributed by atoms with Gasteiger partial charge in [0.25, 0.3) is 0 Å². The molecule has 0 aliphatic heterocycles. The molecule has 0 unspecified atom stereocenters. The van der Waals surface area contributed by atoms with Crippen LogP contribution in [-0.4, -0.2) is 122 Å². The van der Waals surface area contributed by atoms with Crippen LogP contribution in [0.25, 0.3) is 11.1 Å². The predicted octanol–water partition coefficient (Wildman–Crippen LogP) is 3.78. The van der Waals surface area contributed by atoms with Crippen molar-refractivity contribution in [1.29, 1.82) is 0 Å². The molecule has 13 heteroatoms. The molecule has 272 valence electrons. The second-order valence-electron chi connectivity index (χ2n) is 11.2. The third-order valence-electron chi connectivity index (χ3n) is 7.58. The molecule has 0 bridgehead atoms. The summed E-state index contributed by atoms with van der Waals surface area (Å²) in [4.78, 5) is 34.7. The van der Waals surface area contributed by atoms with Crippen LogP contribution >= 0.6 is 0 Å². The van der Waals surface area contributed by atoms with Crippen molar-refractivity contribution in [2.75, 3.05) is 99.0 Å². The summed E-state index contributed by atoms with van der Waals surface area (Å²) < 4.78 is 37.8. The maximum Gasteiger partial charge on any atom is 0.407 e. The summed E-state index contributed by atoms with van der Waals surface area (Å²) in [7, 11) is 0. The molecule has 0 saturated heterocycles. The molecule has 0 spiro atoms. The normalized spacial score (nSPS) is 12.0. The van der Waals surface area contributed by atoms with Gasteiger partial charge in [0.2, 0.25) is 5.91 Å². The number of rotatable bonds is 29. The monoisotopic (exact) mass is 688 g/mol. The van der Waals surface area contributed by atoms with E-state index in [0.717, 1.165) is 19.3 Å². The van der Waals surface area contributed by atoms with E-state index in [1.165, 1.54) is 22.3 Å². The van der Waals surface area contributed by atoms with Gasteiger partial charge in [-0.05, 0) is 35.1 Å². The predicted molar refractivity (Wildman–Crippen MR) is 182 cm³/mol. The van der Waals surface area contributed by atoms with E-state index in [1.54, 1.807) is 0 Å². The lowest BCUT2D eigenvalue weighted by atomic mass is 9.98. The number of carboxylic acids is 1. The largest absolute Gasteiger partial charge is 0.481 e. The smallest absolute Gasteiger partial charge is 0.407 e. The number of hydrogen-bond acceptors (Lipinski definition) is 10. The molecule has 2 aromatic carbocycles. The molecule has 1 aliphatic rings. The van der Waals surface area contributed by atoms with Crippen molar-refractivity contribution in [3.05, 3.63) is 59.7 Å². The van der Waals surface area contributed by atoms with Gasteiger partial charge in [-0.15, -0.1) is 0 Å². The Hall–Kier alpha value is -3.59. The third kappa shape index (κ3) is 17.1. The summed E-state index contributed by atoms with van der Waals surface area (Å²) in [5.74, 6) is -0.859. The highest BCUT2D eigenvalue weighted by Crippen LogP contribution is 2.44. The van der Waals surface area contributed by atoms with Crippen molar-refractivity contribution in [2.45, 2.75) is 38.0 Å². The Bertz CT molecular complexity index is 1180. The molecule has 2 amide bonds. The van der Waals surface area contributed by atoms with E-state index in [-0.39, 0.29) is 24.9 Å². The van der Waals surface area contributed by atoms with Crippen molar-refractivity contribution >= 4 is 18.0 Å². The van der Waals surface area contributed by atoms with Crippen LogP contribution in [0.1, 0.15) is 49.1 Å². The van der Waals surface area contributed by atoms with E-state index < -0.39 is 12.1 Å². The Labute approximate surface area is 288 Å². The first kappa shape index (κ1) is 39.8. The number of carbonyl (C=O) groups excluding carboxylic acids is 2. The lowest BCUT2D eigenvalue weighted by Crippen LogP contribution is -2.28. The number of ether oxygens (including phenoxy) is 7. The number of benzene rings is 2. The minimum absolute atomic E-state index is 0.0107. The van der Waals surface area contributed by atoms with Gasteiger partial charge in [-0.25, -0.2) is 4.79 Å². The SMILES string of the molecule is O=C(O)CCOCCOCCOCCOCCOCCOCCNC(=O)CCCCCNC(=O)OCC1c2ccccc2-c2ccccc21. The van der Waals surface area contributed by atoms with Crippen molar-refractivity contribution in [3.8, 4) is 11.1 Å². The van der Waals surface area contributed by atoms with Crippen LogP contribution in [-0.2, 0) is 42.7 Å². The molecular weight excluding hydrogens is 636 g/mol. The molecule has 49 heavy (non-hydrogen) atoms. The van der Waals surface area contributed by atoms with Crippen molar-refractivity contribution < 1.29 is 52.6 Å². The molecule has 0 aromatic heterocycles. The van der Waals surface area contributed by atoms with E-state index in [9.17, 15) is 14.4 Å². The molecule has 1 aliphatic carbocycles. The van der Waals surface area contributed by atoms with Gasteiger partial charge in [0, 0.05) is 25.4 Å². The van der Waals surface area contributed by atoms with Crippen LogP contribution in [0.2, 0.25) is 0 Å². The lowest BCUT2D eigenvalue weighted by molar-refractivity contribution is -0.138. The van der Waals surface area contributed by atoms with E-state index in [1.807, 2.05) is 24.3 Å². The van der Waals surface area contributed by atoms with Crippen LogP contribution in [0.4, 0.5) is 4.79 Å². The van der Waals surface area contributed by atoms with Gasteiger partial charge in [-0.1, -0.05) is 55.0 Å². The molecular formula is C36H52N2O11. The standard InChI is InChI=1S/C36H52N2O11/c39-34(37-15-17-44-19-21-46-23-25-48-27-26-47-24-22-45-20-18-43-16-13-35(40)41)12-2-1-7-14-38-36(42)49-28-33-31-10-5-3-8-29(31)30-9-4-6-11-32(30)33/h3-6,8-11,33H,1-2,7,12-28H2,(H,37,39)(H,38,42)(H,40,41). The zero-order chi connectivity index (χ0) is 34.8. The fraction of sp³-hybridized carbons (Fsp3) is 0.583. The minimum atomic E-state index is -0.881. The zero-order valence-electron chi connectivity index (χ0n) is 28.4. The number of carboxylic acid groups (broad SMARTS) is 1. The molecule has 13 nitrogen and oxygen atoms in total. The summed E-state index contributed by atoms with van der Waals surface area (Å²) in [6.45, 7) is 6.14. The second-order valence-corrected chi connectivity index (χ2v) is 11.2. The van der Waals surface area contributed by atoms with Gasteiger partial charge in [0.15, 0.2) is 0 Å². The van der Waals surface area contributed by atoms with Crippen molar-refractivity contribution in [1.82, 2.24) is 10.6 Å². The number of carbonyl (C=O) groups is 3. The molecule has 3 rings (SSSR count). The lowest BCUT2D eigenvalue weighted by Gasteiger charge is -2.14. The highest BCUT2D eigenvalue weighted by Gasteiger charge is 2.28. The van der Waals surface area contributed by atoms with Gasteiger partial charge >= 0.3 is 12.1 Å². The Morgan fingerprint density at radius 2 is 1.04 bits per heavy atom. The Kier molecular flexibility index (Phi) is 20.6. The average molecular weight is 689 g/mol. The van der Waals surface area contributed by atoms with E-state index >= 15 is 0 Å². The van der Waals surface area contributed by atoms with Crippen LogP contribution in [0, 0.1) is 0 Å². The van der Waals surface area contributed by atoms with Gasteiger partial charge < -0.3 is 48.9 Å². The highest BCUT2D eigenvalue weighted by molar-refractivity contribution is 5.79. The van der Waals surface area contributed by atoms with Gasteiger partial charge in [0.05, 0.1) is 85.7 Å². The number of amides is 2. The summed E-state index contributed by atoms with van der Waals surface area (Å²) in [6, 6.07) is 16.5. The molecule has 3 N–H and O–H groups in total. The summed E-state index contributed by atoms with van der Waals surface area (Å²) >= 11 is 0. The summed E-state index contributed by atoms with van der Waals surface area (Å²) in [5, 5.41) is 14.2. The van der Waals surface area contributed by atoms with Gasteiger partial charge in [-0.2, -0.15) is 0 Å². The van der Waals surface area contributed by atoms with E-state index in [4.69, 9.17) is 38.3 Å². The van der Waals surface area contributed by atoms with Crippen LogP contribution in [0.15, 0.2) is 48.5 Å². The van der Waals surface area contributed by atoms with Crippen molar-refractivity contribution in [2.24, 2.45) is 0 Å². The van der Waals surface area contributed by atoms with Crippen LogP contribution in [0.5, 0.6) is 0 Å². The number of hydrogen-bond donors (Lipinski definition) is 3. The molecule has 2 aromatic rings. The number of aliphatic carboxylic acids is 1. The molecule has 0 saturated carbocycles. The maximum absolute atomic E-state index is 12.3. The topological polar surface area (TPSA) is 160 Å².